The molecular formula is C28H26ClN3O4S. The molecule has 0 aliphatic heterocycles. The van der Waals surface area contributed by atoms with Gasteiger partial charge in [-0.05, 0) is 50.1 Å². The molecule has 0 aliphatic rings. The Labute approximate surface area is 224 Å². The van der Waals surface area contributed by atoms with Crippen LogP contribution in [0.5, 0.6) is 0 Å². The predicted octanol–water partition coefficient (Wildman–Crippen LogP) is 6.36. The molecule has 2 heterocycles. The minimum atomic E-state index is -0.595. The number of amides is 2. The Bertz CT molecular complexity index is 1530. The summed E-state index contributed by atoms with van der Waals surface area (Å²) in [4.78, 5) is 46.1. The second kappa shape index (κ2) is 10.7. The maximum absolute atomic E-state index is 13.8. The van der Waals surface area contributed by atoms with Gasteiger partial charge in [-0.2, -0.15) is 0 Å². The fourth-order valence-corrected chi connectivity index (χ4v) is 5.45. The van der Waals surface area contributed by atoms with Crippen LogP contribution in [0.1, 0.15) is 48.4 Å². The van der Waals surface area contributed by atoms with Crippen LogP contribution in [0.2, 0.25) is 5.02 Å². The Hall–Kier alpha value is -3.75. The van der Waals surface area contributed by atoms with Gasteiger partial charge in [0.15, 0.2) is 0 Å². The highest BCUT2D eigenvalue weighted by atomic mass is 35.5. The first kappa shape index (κ1) is 26.3. The van der Waals surface area contributed by atoms with Crippen LogP contribution in [0.15, 0.2) is 48.5 Å². The van der Waals surface area contributed by atoms with Crippen LogP contribution in [-0.4, -0.2) is 48.4 Å². The van der Waals surface area contributed by atoms with Crippen LogP contribution in [0.4, 0.5) is 5.00 Å². The number of halogens is 1. The number of ether oxygens (including phenoxy) is 1. The largest absolute Gasteiger partial charge is 0.462 e. The van der Waals surface area contributed by atoms with Crippen molar-refractivity contribution < 1.29 is 19.1 Å². The summed E-state index contributed by atoms with van der Waals surface area (Å²) in [6, 6.07) is 14.6. The van der Waals surface area contributed by atoms with Crippen molar-refractivity contribution in [3.05, 3.63) is 80.7 Å². The van der Waals surface area contributed by atoms with E-state index >= 15 is 0 Å². The molecule has 2 aromatic carbocycles. The number of hydrogen-bond donors (Lipinski definition) is 1. The van der Waals surface area contributed by atoms with Crippen molar-refractivity contribution in [1.82, 2.24) is 9.88 Å². The lowest BCUT2D eigenvalue weighted by atomic mass is 9.97. The standard InChI is InChI=1S/C28H26ClN3O4S/c1-6-36-28(35)22-16(3)24(27(34)32(4)5)37-26(22)31-25(33)21-15(2)23(17-11-13-18(29)14-12-17)30-20-10-8-7-9-19(20)21/h7-14H,6H2,1-5H3,(H,31,33). The summed E-state index contributed by atoms with van der Waals surface area (Å²) in [6.45, 7) is 5.39. The molecule has 0 bridgehead atoms. The van der Waals surface area contributed by atoms with Gasteiger partial charge in [-0.25, -0.2) is 9.78 Å². The second-order valence-electron chi connectivity index (χ2n) is 8.62. The number of esters is 1. The number of carbonyl (C=O) groups excluding carboxylic acids is 3. The summed E-state index contributed by atoms with van der Waals surface area (Å²) in [5.41, 5.74) is 3.87. The first-order valence-electron chi connectivity index (χ1n) is 11.6. The molecule has 7 nitrogen and oxygen atoms in total. The van der Waals surface area contributed by atoms with Gasteiger partial charge in [0.1, 0.15) is 5.00 Å². The Morgan fingerprint density at radius 3 is 2.32 bits per heavy atom. The lowest BCUT2D eigenvalue weighted by Gasteiger charge is -2.15. The highest BCUT2D eigenvalue weighted by Crippen LogP contribution is 2.36. The maximum atomic E-state index is 13.8. The minimum Gasteiger partial charge on any atom is -0.462 e. The molecule has 2 amide bonds. The third-order valence-corrected chi connectivity index (χ3v) is 7.38. The molecule has 0 unspecified atom stereocenters. The van der Waals surface area contributed by atoms with Crippen LogP contribution in [0, 0.1) is 13.8 Å². The summed E-state index contributed by atoms with van der Waals surface area (Å²) >= 11 is 7.14. The third kappa shape index (κ3) is 5.08. The number of anilines is 1. The number of aromatic nitrogens is 1. The molecule has 190 valence electrons. The topological polar surface area (TPSA) is 88.6 Å². The van der Waals surface area contributed by atoms with E-state index in [4.69, 9.17) is 21.3 Å². The molecule has 0 radical (unpaired) electrons. The summed E-state index contributed by atoms with van der Waals surface area (Å²) < 4.78 is 5.24. The van der Waals surface area contributed by atoms with E-state index in [0.717, 1.165) is 16.9 Å². The molecule has 0 atom stereocenters. The van der Waals surface area contributed by atoms with Crippen LogP contribution >= 0.6 is 22.9 Å². The van der Waals surface area contributed by atoms with E-state index < -0.39 is 11.9 Å². The van der Waals surface area contributed by atoms with Crippen LogP contribution in [0.25, 0.3) is 22.2 Å². The number of nitrogens with one attached hydrogen (secondary N) is 1. The maximum Gasteiger partial charge on any atom is 0.341 e. The van der Waals surface area contributed by atoms with E-state index in [1.54, 1.807) is 40.1 Å². The Kier molecular flexibility index (Phi) is 7.61. The van der Waals surface area contributed by atoms with Gasteiger partial charge in [0.2, 0.25) is 0 Å². The van der Waals surface area contributed by atoms with E-state index in [1.165, 1.54) is 4.90 Å². The number of para-hydroxylation sites is 1. The highest BCUT2D eigenvalue weighted by Gasteiger charge is 2.28. The van der Waals surface area contributed by atoms with Gasteiger partial charge >= 0.3 is 5.97 Å². The zero-order valence-corrected chi connectivity index (χ0v) is 22.7. The number of rotatable bonds is 6. The lowest BCUT2D eigenvalue weighted by Crippen LogP contribution is -2.21. The molecule has 0 spiro atoms. The van der Waals surface area contributed by atoms with Crippen molar-refractivity contribution in [1.29, 1.82) is 0 Å². The molecule has 2 aromatic heterocycles. The van der Waals surface area contributed by atoms with Crippen LogP contribution < -0.4 is 5.32 Å². The zero-order valence-electron chi connectivity index (χ0n) is 21.1. The van der Waals surface area contributed by atoms with E-state index in [-0.39, 0.29) is 23.1 Å². The monoisotopic (exact) mass is 535 g/mol. The van der Waals surface area contributed by atoms with Crippen molar-refractivity contribution in [2.45, 2.75) is 20.8 Å². The molecule has 0 fully saturated rings. The van der Waals surface area contributed by atoms with Crippen molar-refractivity contribution in [2.24, 2.45) is 0 Å². The number of hydrogen-bond acceptors (Lipinski definition) is 6. The number of carbonyl (C=O) groups is 3. The van der Waals surface area contributed by atoms with Crippen LogP contribution in [0.3, 0.4) is 0 Å². The number of pyridine rings is 1. The van der Waals surface area contributed by atoms with Gasteiger partial charge in [-0.1, -0.05) is 41.9 Å². The lowest BCUT2D eigenvalue weighted by molar-refractivity contribution is 0.0527. The molecule has 1 N–H and O–H groups in total. The number of fused-ring (bicyclic) bond motifs is 1. The first-order valence-corrected chi connectivity index (χ1v) is 12.8. The molecule has 37 heavy (non-hydrogen) atoms. The van der Waals surface area contributed by atoms with Crippen molar-refractivity contribution in [3.63, 3.8) is 0 Å². The van der Waals surface area contributed by atoms with Gasteiger partial charge in [0.25, 0.3) is 11.8 Å². The Balaban J connectivity index is 1.86. The first-order chi connectivity index (χ1) is 17.6. The summed E-state index contributed by atoms with van der Waals surface area (Å²) in [6.07, 6.45) is 0. The predicted molar refractivity (Wildman–Crippen MR) is 148 cm³/mol. The Morgan fingerprint density at radius 2 is 1.68 bits per heavy atom. The fourth-order valence-electron chi connectivity index (χ4n) is 4.11. The van der Waals surface area contributed by atoms with Crippen LogP contribution in [-0.2, 0) is 4.74 Å². The molecule has 4 rings (SSSR count). The second-order valence-corrected chi connectivity index (χ2v) is 10.1. The van der Waals surface area contributed by atoms with Crippen molar-refractivity contribution in [2.75, 3.05) is 26.0 Å². The van der Waals surface area contributed by atoms with E-state index in [2.05, 4.69) is 5.32 Å². The average Bonchev–Trinajstić information content (AvgIpc) is 3.19. The molecule has 9 heteroatoms. The van der Waals surface area contributed by atoms with Gasteiger partial charge < -0.3 is 15.0 Å². The van der Waals surface area contributed by atoms with E-state index in [0.29, 0.717) is 43.2 Å². The number of nitrogens with zero attached hydrogens (tertiary/aromatic N) is 2. The normalized spacial score (nSPS) is 10.9. The average molecular weight is 536 g/mol. The number of thiophene rings is 1. The molecule has 0 saturated carbocycles. The fraction of sp³-hybridized carbons (Fsp3) is 0.214. The van der Waals surface area contributed by atoms with Crippen molar-refractivity contribution in [3.8, 4) is 11.3 Å². The highest BCUT2D eigenvalue weighted by molar-refractivity contribution is 7.18. The molecule has 0 saturated heterocycles. The molecule has 4 aromatic rings. The van der Waals surface area contributed by atoms with Gasteiger partial charge in [0, 0.05) is 30.1 Å². The van der Waals surface area contributed by atoms with E-state index in [1.807, 2.05) is 43.3 Å². The molecule has 0 aliphatic carbocycles. The minimum absolute atomic E-state index is 0.164. The quantitative estimate of drug-likeness (QED) is 0.290. The van der Waals surface area contributed by atoms with Gasteiger partial charge in [-0.15, -0.1) is 11.3 Å². The van der Waals surface area contributed by atoms with Gasteiger partial charge in [0.05, 0.1) is 33.8 Å². The van der Waals surface area contributed by atoms with E-state index in [9.17, 15) is 14.4 Å². The Morgan fingerprint density at radius 1 is 1.00 bits per heavy atom. The SMILES string of the molecule is CCOC(=O)c1c(NC(=O)c2c(C)c(-c3ccc(Cl)cc3)nc3ccccc23)sc(C(=O)N(C)C)c1C. The zero-order chi connectivity index (χ0) is 26.9. The summed E-state index contributed by atoms with van der Waals surface area (Å²) in [7, 11) is 3.27. The summed E-state index contributed by atoms with van der Waals surface area (Å²) in [5.74, 6) is -1.27. The third-order valence-electron chi connectivity index (χ3n) is 5.93. The smallest absolute Gasteiger partial charge is 0.341 e. The number of benzene rings is 2. The summed E-state index contributed by atoms with van der Waals surface area (Å²) in [5, 5.41) is 4.44. The molecular weight excluding hydrogens is 510 g/mol. The van der Waals surface area contributed by atoms with Gasteiger partial charge in [-0.3, -0.25) is 9.59 Å². The van der Waals surface area contributed by atoms with Crippen molar-refractivity contribution >= 4 is 56.6 Å².